The maximum Gasteiger partial charge on any atom is 0.225 e. The highest BCUT2D eigenvalue weighted by Gasteiger charge is 2.59. The Morgan fingerprint density at radius 3 is 2.58 bits per heavy atom. The third-order valence-electron chi connectivity index (χ3n) is 6.01. The van der Waals surface area contributed by atoms with Crippen LogP contribution < -0.4 is 10.2 Å². The number of rotatable bonds is 2. The first-order chi connectivity index (χ1) is 12.1. The minimum atomic E-state index is 0. The molecule has 3 aliphatic rings. The molecule has 2 saturated heterocycles. The van der Waals surface area contributed by atoms with E-state index in [1.54, 1.807) is 12.4 Å². The molecular formula is C18H29IN6O. The molecule has 3 fully saturated rings. The number of halogens is 1. The first-order valence-electron chi connectivity index (χ1n) is 9.23. The van der Waals surface area contributed by atoms with Gasteiger partial charge in [0.25, 0.3) is 0 Å². The molecule has 144 valence electrons. The van der Waals surface area contributed by atoms with E-state index >= 15 is 0 Å². The van der Waals surface area contributed by atoms with Crippen LogP contribution in [0.25, 0.3) is 0 Å². The van der Waals surface area contributed by atoms with Crippen LogP contribution in [0.2, 0.25) is 0 Å². The molecule has 4 rings (SSSR count). The Hall–Kier alpha value is -1.16. The maximum atomic E-state index is 5.91. The van der Waals surface area contributed by atoms with Crippen LogP contribution in [0.5, 0.6) is 0 Å². The highest BCUT2D eigenvalue weighted by Crippen LogP contribution is 2.52. The number of guanidine groups is 1. The summed E-state index contributed by atoms with van der Waals surface area (Å²) in [5.74, 6) is 2.44. The summed E-state index contributed by atoms with van der Waals surface area (Å²) in [5, 5.41) is 3.74. The molecule has 1 aliphatic carbocycles. The van der Waals surface area contributed by atoms with Crippen molar-refractivity contribution in [2.75, 3.05) is 44.7 Å². The van der Waals surface area contributed by atoms with Crippen molar-refractivity contribution in [3.63, 3.8) is 0 Å². The van der Waals surface area contributed by atoms with Gasteiger partial charge in [-0.05, 0) is 12.5 Å². The van der Waals surface area contributed by atoms with Gasteiger partial charge in [-0.2, -0.15) is 0 Å². The van der Waals surface area contributed by atoms with E-state index in [1.807, 2.05) is 13.1 Å². The first-order valence-corrected chi connectivity index (χ1v) is 9.23. The van der Waals surface area contributed by atoms with E-state index in [0.29, 0.717) is 18.1 Å². The molecule has 8 heteroatoms. The zero-order valence-electron chi connectivity index (χ0n) is 15.8. The zero-order chi connectivity index (χ0) is 17.4. The first kappa shape index (κ1) is 19.6. The minimum absolute atomic E-state index is 0. The second-order valence-corrected chi connectivity index (χ2v) is 7.76. The average Bonchev–Trinajstić information content (AvgIpc) is 3.11. The van der Waals surface area contributed by atoms with E-state index in [9.17, 15) is 0 Å². The molecule has 26 heavy (non-hydrogen) atoms. The van der Waals surface area contributed by atoms with Crippen LogP contribution in [0.4, 0.5) is 5.95 Å². The molecule has 3 atom stereocenters. The summed E-state index contributed by atoms with van der Waals surface area (Å²) in [4.78, 5) is 17.8. The molecule has 1 N–H and O–H groups in total. The van der Waals surface area contributed by atoms with Crippen molar-refractivity contribution in [2.24, 2.45) is 16.3 Å². The van der Waals surface area contributed by atoms with Crippen LogP contribution in [0.1, 0.15) is 20.3 Å². The Bertz CT molecular complexity index is 632. The quantitative estimate of drug-likeness (QED) is 0.401. The van der Waals surface area contributed by atoms with Crippen LogP contribution in [0.3, 0.4) is 0 Å². The molecule has 0 amide bonds. The molecular weight excluding hydrogens is 443 g/mol. The Labute approximate surface area is 172 Å². The zero-order valence-corrected chi connectivity index (χ0v) is 18.1. The third-order valence-corrected chi connectivity index (χ3v) is 6.01. The number of piperazine rings is 1. The summed E-state index contributed by atoms with van der Waals surface area (Å²) in [6.45, 7) is 9.17. The van der Waals surface area contributed by atoms with Crippen molar-refractivity contribution in [1.82, 2.24) is 20.2 Å². The molecule has 0 bridgehead atoms. The van der Waals surface area contributed by atoms with E-state index in [2.05, 4.69) is 43.9 Å². The van der Waals surface area contributed by atoms with Gasteiger partial charge in [-0.15, -0.1) is 24.0 Å². The van der Waals surface area contributed by atoms with Gasteiger partial charge in [0.2, 0.25) is 5.95 Å². The summed E-state index contributed by atoms with van der Waals surface area (Å²) < 4.78 is 5.91. The summed E-state index contributed by atoms with van der Waals surface area (Å²) >= 11 is 0. The Kier molecular flexibility index (Phi) is 5.91. The van der Waals surface area contributed by atoms with Crippen LogP contribution in [-0.4, -0.2) is 72.8 Å². The number of ether oxygens (including phenoxy) is 1. The van der Waals surface area contributed by atoms with Crippen molar-refractivity contribution in [3.05, 3.63) is 18.5 Å². The number of nitrogens with one attached hydrogen (secondary N) is 1. The molecule has 1 aromatic rings. The van der Waals surface area contributed by atoms with Crippen LogP contribution in [0, 0.1) is 11.3 Å². The maximum absolute atomic E-state index is 5.91. The normalized spacial score (nSPS) is 30.3. The Balaban J connectivity index is 0.00000196. The van der Waals surface area contributed by atoms with Gasteiger partial charge in [-0.3, -0.25) is 4.99 Å². The predicted molar refractivity (Wildman–Crippen MR) is 113 cm³/mol. The number of fused-ring (bicyclic) bond motifs is 1. The van der Waals surface area contributed by atoms with Crippen molar-refractivity contribution < 1.29 is 4.74 Å². The lowest BCUT2D eigenvalue weighted by Crippen LogP contribution is -2.68. The molecule has 0 radical (unpaired) electrons. The lowest BCUT2D eigenvalue weighted by atomic mass is 9.57. The highest BCUT2D eigenvalue weighted by atomic mass is 127. The van der Waals surface area contributed by atoms with Gasteiger partial charge in [-0.25, -0.2) is 9.97 Å². The molecule has 7 nitrogen and oxygen atoms in total. The molecule has 0 spiro atoms. The molecule has 3 unspecified atom stereocenters. The van der Waals surface area contributed by atoms with Crippen LogP contribution in [0.15, 0.2) is 23.5 Å². The second-order valence-electron chi connectivity index (χ2n) is 7.76. The molecule has 1 saturated carbocycles. The van der Waals surface area contributed by atoms with Gasteiger partial charge in [0.15, 0.2) is 5.96 Å². The fourth-order valence-electron chi connectivity index (χ4n) is 4.63. The lowest BCUT2D eigenvalue weighted by molar-refractivity contribution is -0.107. The van der Waals surface area contributed by atoms with Crippen molar-refractivity contribution >= 4 is 35.9 Å². The topological polar surface area (TPSA) is 65.9 Å². The van der Waals surface area contributed by atoms with Crippen molar-refractivity contribution in [1.29, 1.82) is 0 Å². The van der Waals surface area contributed by atoms with E-state index < -0.39 is 0 Å². The molecule has 0 aromatic carbocycles. The van der Waals surface area contributed by atoms with Crippen molar-refractivity contribution in [3.8, 4) is 0 Å². The minimum Gasteiger partial charge on any atom is -0.377 e. The summed E-state index contributed by atoms with van der Waals surface area (Å²) in [5.41, 5.74) is 0.163. The van der Waals surface area contributed by atoms with Crippen LogP contribution in [-0.2, 0) is 4.74 Å². The monoisotopic (exact) mass is 472 g/mol. The molecule has 3 heterocycles. The second kappa shape index (κ2) is 7.84. The summed E-state index contributed by atoms with van der Waals surface area (Å²) in [7, 11) is 1.88. The Morgan fingerprint density at radius 2 is 1.92 bits per heavy atom. The van der Waals surface area contributed by atoms with E-state index in [-0.39, 0.29) is 29.4 Å². The Morgan fingerprint density at radius 1 is 1.23 bits per heavy atom. The molecule has 2 aliphatic heterocycles. The van der Waals surface area contributed by atoms with E-state index in [4.69, 9.17) is 4.74 Å². The summed E-state index contributed by atoms with van der Waals surface area (Å²) in [6.07, 6.45) is 5.15. The third kappa shape index (κ3) is 3.37. The van der Waals surface area contributed by atoms with Gasteiger partial charge in [0.05, 0.1) is 6.10 Å². The lowest BCUT2D eigenvalue weighted by Gasteiger charge is -2.55. The van der Waals surface area contributed by atoms with Crippen LogP contribution >= 0.6 is 24.0 Å². The van der Waals surface area contributed by atoms with Gasteiger partial charge in [0, 0.05) is 69.6 Å². The van der Waals surface area contributed by atoms with Gasteiger partial charge in [-0.1, -0.05) is 13.8 Å². The smallest absolute Gasteiger partial charge is 0.225 e. The van der Waals surface area contributed by atoms with E-state index in [0.717, 1.165) is 51.1 Å². The standard InChI is InChI=1S/C18H28N6O.HI/c1-18(2)14(13-5-12-25-15(13)18)22-16(19-3)23-8-10-24(11-9-23)17-20-6-4-7-21-17;/h4,6-7,13-15H,5,8-12H2,1-3H3,(H,19,22);1H. The predicted octanol–water partition coefficient (Wildman–Crippen LogP) is 1.61. The number of hydrogen-bond acceptors (Lipinski definition) is 5. The molecule has 1 aromatic heterocycles. The average molecular weight is 472 g/mol. The van der Waals surface area contributed by atoms with E-state index in [1.165, 1.54) is 0 Å². The van der Waals surface area contributed by atoms with Gasteiger partial charge in [0.1, 0.15) is 0 Å². The number of aliphatic imine (C=N–C) groups is 1. The fourth-order valence-corrected chi connectivity index (χ4v) is 4.63. The van der Waals surface area contributed by atoms with Crippen molar-refractivity contribution in [2.45, 2.75) is 32.4 Å². The van der Waals surface area contributed by atoms with Gasteiger partial charge >= 0.3 is 0 Å². The summed E-state index contributed by atoms with van der Waals surface area (Å²) in [6, 6.07) is 2.29. The fraction of sp³-hybridized carbons (Fsp3) is 0.722. The number of aromatic nitrogens is 2. The number of nitrogens with zero attached hydrogens (tertiary/aromatic N) is 5. The SMILES string of the molecule is CN=C(NC1C2CCOC2C1(C)C)N1CCN(c2ncccn2)CC1.I. The highest BCUT2D eigenvalue weighted by molar-refractivity contribution is 14.0. The number of hydrogen-bond donors (Lipinski definition) is 1. The largest absolute Gasteiger partial charge is 0.377 e. The van der Waals surface area contributed by atoms with Gasteiger partial charge < -0.3 is 19.9 Å². The number of anilines is 1.